The molecule has 25 heavy (non-hydrogen) atoms. The van der Waals surface area contributed by atoms with Gasteiger partial charge in [0.05, 0.1) is 13.2 Å². The predicted octanol–water partition coefficient (Wildman–Crippen LogP) is 4.22. The fourth-order valence-electron chi connectivity index (χ4n) is 5.86. The molecule has 4 atom stereocenters. The standard InChI is InChI=1S/C22H29NO2/c1-14-3-6-20-18-5-4-15-12-21(25)16(13-23-9-10-24)11-19(15)17(18)7-8-22(14,20)2/h11-13,17-18,20,24-25H,1,3-10H2,2H3/t17-,18+,20-,22+/m0/s1. The van der Waals surface area contributed by atoms with Crippen LogP contribution in [0.25, 0.3) is 0 Å². The maximum atomic E-state index is 10.3. The van der Waals surface area contributed by atoms with E-state index in [1.807, 2.05) is 6.07 Å². The van der Waals surface area contributed by atoms with Gasteiger partial charge in [-0.25, -0.2) is 0 Å². The van der Waals surface area contributed by atoms with Crippen LogP contribution in [0.4, 0.5) is 0 Å². The molecule has 2 N–H and O–H groups in total. The highest BCUT2D eigenvalue weighted by atomic mass is 16.3. The summed E-state index contributed by atoms with van der Waals surface area (Å²) in [6.07, 6.45) is 8.98. The number of phenols is 1. The van der Waals surface area contributed by atoms with E-state index in [9.17, 15) is 5.11 Å². The second-order valence-electron chi connectivity index (χ2n) is 8.38. The first-order valence-electron chi connectivity index (χ1n) is 9.69. The maximum Gasteiger partial charge on any atom is 0.124 e. The third-order valence-corrected chi connectivity index (χ3v) is 7.29. The first kappa shape index (κ1) is 16.8. The zero-order valence-corrected chi connectivity index (χ0v) is 15.2. The fraction of sp³-hybridized carbons (Fsp3) is 0.591. The Morgan fingerprint density at radius 3 is 2.92 bits per heavy atom. The molecule has 1 aromatic rings. The molecule has 4 rings (SSSR count). The zero-order chi connectivity index (χ0) is 17.6. The van der Waals surface area contributed by atoms with Crippen molar-refractivity contribution in [2.24, 2.45) is 22.2 Å². The summed E-state index contributed by atoms with van der Waals surface area (Å²) >= 11 is 0. The van der Waals surface area contributed by atoms with Gasteiger partial charge < -0.3 is 10.2 Å². The Balaban J connectivity index is 1.67. The number of aliphatic imine (C=N–C) groups is 1. The van der Waals surface area contributed by atoms with E-state index >= 15 is 0 Å². The van der Waals surface area contributed by atoms with Crippen LogP contribution < -0.4 is 0 Å². The van der Waals surface area contributed by atoms with Gasteiger partial charge in [0.25, 0.3) is 0 Å². The molecule has 0 heterocycles. The summed E-state index contributed by atoms with van der Waals surface area (Å²) in [4.78, 5) is 4.20. The van der Waals surface area contributed by atoms with E-state index in [0.717, 1.165) is 23.8 Å². The summed E-state index contributed by atoms with van der Waals surface area (Å²) < 4.78 is 0. The highest BCUT2D eigenvalue weighted by Gasteiger charge is 2.51. The van der Waals surface area contributed by atoms with Crippen molar-refractivity contribution in [2.75, 3.05) is 13.2 Å². The van der Waals surface area contributed by atoms with Crippen molar-refractivity contribution < 1.29 is 10.2 Å². The highest BCUT2D eigenvalue weighted by Crippen LogP contribution is 2.62. The van der Waals surface area contributed by atoms with Gasteiger partial charge in [-0.3, -0.25) is 4.99 Å². The molecule has 3 heteroatoms. The van der Waals surface area contributed by atoms with Crippen molar-refractivity contribution in [1.29, 1.82) is 0 Å². The van der Waals surface area contributed by atoms with Gasteiger partial charge in [0.2, 0.25) is 0 Å². The first-order valence-corrected chi connectivity index (χ1v) is 9.69. The average Bonchev–Trinajstić information content (AvgIpc) is 2.91. The molecule has 2 fully saturated rings. The Morgan fingerprint density at radius 2 is 2.12 bits per heavy atom. The van der Waals surface area contributed by atoms with E-state index in [2.05, 4.69) is 24.6 Å². The molecule has 0 unspecified atom stereocenters. The third-order valence-electron chi connectivity index (χ3n) is 7.29. The number of allylic oxidation sites excluding steroid dienone is 1. The number of benzene rings is 1. The number of fused-ring (bicyclic) bond motifs is 5. The summed E-state index contributed by atoms with van der Waals surface area (Å²) in [5.41, 5.74) is 5.36. The molecule has 3 aliphatic carbocycles. The van der Waals surface area contributed by atoms with Gasteiger partial charge in [-0.15, -0.1) is 0 Å². The normalized spacial score (nSPS) is 34.0. The smallest absolute Gasteiger partial charge is 0.124 e. The number of rotatable bonds is 3. The SMILES string of the molecule is C=C1CC[C@H]2[C@@H]3CCc4cc(O)c(C=NCCO)cc4[C@H]3CC[C@]12C. The largest absolute Gasteiger partial charge is 0.507 e. The summed E-state index contributed by atoms with van der Waals surface area (Å²) in [5.74, 6) is 2.44. The molecule has 3 aliphatic rings. The minimum atomic E-state index is 0.0387. The molecule has 0 bridgehead atoms. The number of hydrogen-bond donors (Lipinski definition) is 2. The topological polar surface area (TPSA) is 52.8 Å². The quantitative estimate of drug-likeness (QED) is 0.640. The molecule has 134 valence electrons. The molecular weight excluding hydrogens is 310 g/mol. The Kier molecular flexibility index (Phi) is 4.23. The van der Waals surface area contributed by atoms with Crippen LogP contribution in [0.1, 0.15) is 61.6 Å². The van der Waals surface area contributed by atoms with Crippen molar-refractivity contribution >= 4 is 6.21 Å². The second kappa shape index (κ2) is 6.28. The number of aromatic hydroxyl groups is 1. The summed E-state index contributed by atoms with van der Waals surface area (Å²) in [5, 5.41) is 19.2. The molecule has 2 saturated carbocycles. The molecule has 0 spiro atoms. The van der Waals surface area contributed by atoms with E-state index in [1.165, 1.54) is 48.8 Å². The molecule has 1 aromatic carbocycles. The number of phenolic OH excluding ortho intramolecular Hbond substituents is 1. The van der Waals surface area contributed by atoms with Gasteiger partial charge in [-0.2, -0.15) is 0 Å². The number of nitrogens with zero attached hydrogens (tertiary/aromatic N) is 1. The van der Waals surface area contributed by atoms with Crippen molar-refractivity contribution in [1.82, 2.24) is 0 Å². The van der Waals surface area contributed by atoms with Crippen LogP contribution in [0, 0.1) is 17.3 Å². The second-order valence-corrected chi connectivity index (χ2v) is 8.38. The van der Waals surface area contributed by atoms with Crippen LogP contribution in [-0.2, 0) is 6.42 Å². The molecule has 0 amide bonds. The van der Waals surface area contributed by atoms with Gasteiger partial charge in [0.15, 0.2) is 0 Å². The van der Waals surface area contributed by atoms with Crippen molar-refractivity contribution in [3.8, 4) is 5.75 Å². The van der Waals surface area contributed by atoms with E-state index in [0.29, 0.717) is 23.6 Å². The minimum Gasteiger partial charge on any atom is -0.507 e. The summed E-state index contributed by atoms with van der Waals surface area (Å²) in [6.45, 7) is 7.25. The molecule has 0 aromatic heterocycles. The van der Waals surface area contributed by atoms with Crippen LogP contribution in [0.2, 0.25) is 0 Å². The Bertz CT molecular complexity index is 723. The number of aliphatic hydroxyl groups is 1. The molecule has 0 aliphatic heterocycles. The van der Waals surface area contributed by atoms with Crippen LogP contribution in [0.3, 0.4) is 0 Å². The Morgan fingerprint density at radius 1 is 1.28 bits per heavy atom. The number of aryl methyl sites for hydroxylation is 1. The van der Waals surface area contributed by atoms with Crippen molar-refractivity contribution in [3.05, 3.63) is 41.0 Å². The van der Waals surface area contributed by atoms with Crippen LogP contribution >= 0.6 is 0 Å². The van der Waals surface area contributed by atoms with E-state index in [4.69, 9.17) is 5.11 Å². The highest BCUT2D eigenvalue weighted by molar-refractivity contribution is 5.84. The maximum absolute atomic E-state index is 10.3. The fourth-order valence-corrected chi connectivity index (χ4v) is 5.86. The van der Waals surface area contributed by atoms with Gasteiger partial charge in [-0.1, -0.05) is 19.1 Å². The Hall–Kier alpha value is -1.61. The lowest BCUT2D eigenvalue weighted by Gasteiger charge is -2.49. The van der Waals surface area contributed by atoms with E-state index in [-0.39, 0.29) is 6.61 Å². The molecule has 0 saturated heterocycles. The lowest BCUT2D eigenvalue weighted by atomic mass is 9.55. The van der Waals surface area contributed by atoms with Crippen molar-refractivity contribution in [3.63, 3.8) is 0 Å². The predicted molar refractivity (Wildman–Crippen MR) is 101 cm³/mol. The zero-order valence-electron chi connectivity index (χ0n) is 15.2. The van der Waals surface area contributed by atoms with Crippen LogP contribution in [0.15, 0.2) is 29.3 Å². The van der Waals surface area contributed by atoms with Crippen LogP contribution in [-0.4, -0.2) is 29.6 Å². The van der Waals surface area contributed by atoms with Gasteiger partial charge >= 0.3 is 0 Å². The van der Waals surface area contributed by atoms with E-state index < -0.39 is 0 Å². The summed E-state index contributed by atoms with van der Waals surface area (Å²) in [6, 6.07) is 4.11. The van der Waals surface area contributed by atoms with Crippen molar-refractivity contribution in [2.45, 2.75) is 51.4 Å². The average molecular weight is 339 g/mol. The molecule has 0 radical (unpaired) electrons. The van der Waals surface area contributed by atoms with Gasteiger partial charge in [0, 0.05) is 11.8 Å². The molecular formula is C22H29NO2. The summed E-state index contributed by atoms with van der Waals surface area (Å²) in [7, 11) is 0. The minimum absolute atomic E-state index is 0.0387. The number of aliphatic hydroxyl groups excluding tert-OH is 1. The van der Waals surface area contributed by atoms with E-state index in [1.54, 1.807) is 6.21 Å². The first-order chi connectivity index (χ1) is 12.0. The van der Waals surface area contributed by atoms with Crippen LogP contribution in [0.5, 0.6) is 5.75 Å². The Labute approximate surface area is 150 Å². The third kappa shape index (κ3) is 2.64. The number of hydrogen-bond acceptors (Lipinski definition) is 3. The van der Waals surface area contributed by atoms with Gasteiger partial charge in [0.1, 0.15) is 5.75 Å². The molecule has 3 nitrogen and oxygen atoms in total. The monoisotopic (exact) mass is 339 g/mol. The van der Waals surface area contributed by atoms with Gasteiger partial charge in [-0.05, 0) is 85.0 Å². The lowest BCUT2D eigenvalue weighted by Crippen LogP contribution is -2.40. The lowest BCUT2D eigenvalue weighted by molar-refractivity contribution is 0.0816.